The molecule has 17 heavy (non-hydrogen) atoms. The Kier molecular flexibility index (Phi) is 4.75. The molecule has 0 saturated carbocycles. The van der Waals surface area contributed by atoms with Crippen molar-refractivity contribution in [2.45, 2.75) is 13.5 Å². The van der Waals surface area contributed by atoms with Gasteiger partial charge in [-0.15, -0.1) is 0 Å². The number of nitrogens with one attached hydrogen (secondary N) is 1. The van der Waals surface area contributed by atoms with E-state index in [1.807, 2.05) is 30.3 Å². The molecule has 0 saturated heterocycles. The van der Waals surface area contributed by atoms with Gasteiger partial charge in [0.15, 0.2) is 0 Å². The third-order valence-corrected chi connectivity index (χ3v) is 2.00. The van der Waals surface area contributed by atoms with Gasteiger partial charge in [0.2, 0.25) is 0 Å². The summed E-state index contributed by atoms with van der Waals surface area (Å²) in [5, 5.41) is 2.26. The molecule has 0 aliphatic heterocycles. The van der Waals surface area contributed by atoms with E-state index in [0.717, 1.165) is 5.56 Å². The van der Waals surface area contributed by atoms with Crippen LogP contribution in [0.15, 0.2) is 42.1 Å². The molecule has 3 N–H and O–H groups in total. The zero-order valence-corrected chi connectivity index (χ0v) is 9.47. The molecular formula is C12H14N2O3. The minimum Gasteiger partial charge on any atom is -0.444 e. The van der Waals surface area contributed by atoms with Crippen molar-refractivity contribution in [3.63, 3.8) is 0 Å². The fraction of sp³-hybridized carbons (Fsp3) is 0.167. The minimum absolute atomic E-state index is 0.0167. The standard InChI is InChI=1S/C12H14N2O3/c1-2-10(11(13)15)14-12(16)17-8-9-6-4-3-5-7-9/h2-7H,8H2,1H3,(H2,13,15)(H,14,16)/b10-2-. The summed E-state index contributed by atoms with van der Waals surface area (Å²) in [6.07, 6.45) is 0.701. The van der Waals surface area contributed by atoms with Crippen LogP contribution in [0.3, 0.4) is 0 Å². The topological polar surface area (TPSA) is 81.4 Å². The number of allylic oxidation sites excluding steroid dienone is 1. The first-order chi connectivity index (χ1) is 8.13. The Morgan fingerprint density at radius 2 is 2.00 bits per heavy atom. The van der Waals surface area contributed by atoms with Crippen molar-refractivity contribution < 1.29 is 14.3 Å². The van der Waals surface area contributed by atoms with Gasteiger partial charge in [-0.3, -0.25) is 10.1 Å². The van der Waals surface area contributed by atoms with Crippen molar-refractivity contribution in [3.8, 4) is 0 Å². The normalized spacial score (nSPS) is 10.8. The van der Waals surface area contributed by atoms with Crippen LogP contribution in [0.5, 0.6) is 0 Å². The average molecular weight is 234 g/mol. The summed E-state index contributed by atoms with van der Waals surface area (Å²) in [4.78, 5) is 22.1. The molecule has 0 radical (unpaired) electrons. The quantitative estimate of drug-likeness (QED) is 0.770. The minimum atomic E-state index is -0.708. The van der Waals surface area contributed by atoms with E-state index in [2.05, 4.69) is 5.32 Å². The highest BCUT2D eigenvalue weighted by Gasteiger charge is 2.09. The van der Waals surface area contributed by atoms with Crippen molar-refractivity contribution in [1.82, 2.24) is 5.32 Å². The van der Waals surface area contributed by atoms with Crippen LogP contribution in [0, 0.1) is 0 Å². The highest BCUT2D eigenvalue weighted by Crippen LogP contribution is 2.01. The van der Waals surface area contributed by atoms with E-state index in [1.165, 1.54) is 6.08 Å². The van der Waals surface area contributed by atoms with Crippen LogP contribution in [0.1, 0.15) is 12.5 Å². The molecule has 0 heterocycles. The van der Waals surface area contributed by atoms with Crippen LogP contribution in [-0.2, 0) is 16.1 Å². The van der Waals surface area contributed by atoms with E-state index < -0.39 is 12.0 Å². The lowest BCUT2D eigenvalue weighted by Crippen LogP contribution is -2.31. The second-order valence-corrected chi connectivity index (χ2v) is 3.25. The summed E-state index contributed by atoms with van der Waals surface area (Å²) in [7, 11) is 0. The van der Waals surface area contributed by atoms with Crippen LogP contribution in [0.4, 0.5) is 4.79 Å². The van der Waals surface area contributed by atoms with E-state index in [-0.39, 0.29) is 12.3 Å². The number of alkyl carbamates (subject to hydrolysis) is 1. The van der Waals surface area contributed by atoms with Crippen LogP contribution < -0.4 is 11.1 Å². The first kappa shape index (κ1) is 12.8. The lowest BCUT2D eigenvalue weighted by molar-refractivity contribution is -0.114. The van der Waals surface area contributed by atoms with Gasteiger partial charge in [-0.2, -0.15) is 0 Å². The molecule has 0 aliphatic carbocycles. The number of ether oxygens (including phenoxy) is 1. The maximum Gasteiger partial charge on any atom is 0.412 e. The molecule has 5 heteroatoms. The molecule has 0 aliphatic rings. The molecule has 0 fully saturated rings. The van der Waals surface area contributed by atoms with Gasteiger partial charge < -0.3 is 10.5 Å². The Hall–Kier alpha value is -2.30. The predicted molar refractivity (Wildman–Crippen MR) is 62.7 cm³/mol. The SMILES string of the molecule is C/C=C(\NC(=O)OCc1ccccc1)C(N)=O. The monoisotopic (exact) mass is 234 g/mol. The number of carbonyl (C=O) groups is 2. The summed E-state index contributed by atoms with van der Waals surface area (Å²) in [5.41, 5.74) is 5.91. The first-order valence-electron chi connectivity index (χ1n) is 5.07. The zero-order chi connectivity index (χ0) is 12.7. The Bertz CT molecular complexity index is 427. The van der Waals surface area contributed by atoms with Crippen LogP contribution in [-0.4, -0.2) is 12.0 Å². The number of hydrogen-bond donors (Lipinski definition) is 2. The number of nitrogens with two attached hydrogens (primary N) is 1. The number of benzene rings is 1. The van der Waals surface area contributed by atoms with Gasteiger partial charge in [0.05, 0.1) is 0 Å². The van der Waals surface area contributed by atoms with Crippen molar-refractivity contribution >= 4 is 12.0 Å². The van der Waals surface area contributed by atoms with E-state index in [0.29, 0.717) is 0 Å². The van der Waals surface area contributed by atoms with Gasteiger partial charge in [-0.1, -0.05) is 36.4 Å². The van der Waals surface area contributed by atoms with E-state index in [4.69, 9.17) is 10.5 Å². The fourth-order valence-corrected chi connectivity index (χ4v) is 1.15. The molecule has 1 aromatic carbocycles. The highest BCUT2D eigenvalue weighted by molar-refractivity contribution is 5.94. The van der Waals surface area contributed by atoms with Gasteiger partial charge >= 0.3 is 6.09 Å². The van der Waals surface area contributed by atoms with E-state index >= 15 is 0 Å². The van der Waals surface area contributed by atoms with Gasteiger partial charge in [-0.25, -0.2) is 4.79 Å². The molecule has 0 bridgehead atoms. The molecule has 90 valence electrons. The largest absolute Gasteiger partial charge is 0.444 e. The molecule has 0 atom stereocenters. The number of hydrogen-bond acceptors (Lipinski definition) is 3. The third kappa shape index (κ3) is 4.38. The number of amides is 2. The zero-order valence-electron chi connectivity index (χ0n) is 9.47. The molecule has 1 rings (SSSR count). The first-order valence-corrected chi connectivity index (χ1v) is 5.07. The molecule has 0 aromatic heterocycles. The van der Waals surface area contributed by atoms with Crippen molar-refractivity contribution in [2.75, 3.05) is 0 Å². The number of rotatable bonds is 4. The molecular weight excluding hydrogens is 220 g/mol. The summed E-state index contributed by atoms with van der Waals surface area (Å²) < 4.78 is 4.91. The number of primary amides is 1. The third-order valence-electron chi connectivity index (χ3n) is 2.00. The maximum absolute atomic E-state index is 11.3. The molecule has 1 aromatic rings. The molecule has 5 nitrogen and oxygen atoms in total. The Morgan fingerprint density at radius 3 is 2.53 bits per heavy atom. The van der Waals surface area contributed by atoms with Crippen LogP contribution in [0.25, 0.3) is 0 Å². The van der Waals surface area contributed by atoms with Crippen molar-refractivity contribution in [3.05, 3.63) is 47.7 Å². The van der Waals surface area contributed by atoms with Gasteiger partial charge in [0, 0.05) is 0 Å². The second-order valence-electron chi connectivity index (χ2n) is 3.25. The molecule has 0 spiro atoms. The van der Waals surface area contributed by atoms with Crippen molar-refractivity contribution in [1.29, 1.82) is 0 Å². The molecule has 0 unspecified atom stereocenters. The Balaban J connectivity index is 2.43. The highest BCUT2D eigenvalue weighted by atomic mass is 16.5. The summed E-state index contributed by atoms with van der Waals surface area (Å²) in [5.74, 6) is -0.704. The summed E-state index contributed by atoms with van der Waals surface area (Å²) in [6, 6.07) is 9.22. The second kappa shape index (κ2) is 6.32. The predicted octanol–water partition coefficient (Wildman–Crippen LogP) is 1.30. The summed E-state index contributed by atoms with van der Waals surface area (Å²) in [6.45, 7) is 1.74. The van der Waals surface area contributed by atoms with E-state index in [9.17, 15) is 9.59 Å². The van der Waals surface area contributed by atoms with Crippen molar-refractivity contribution in [2.24, 2.45) is 5.73 Å². The lowest BCUT2D eigenvalue weighted by Gasteiger charge is -2.07. The van der Waals surface area contributed by atoms with Crippen LogP contribution in [0.2, 0.25) is 0 Å². The van der Waals surface area contributed by atoms with Crippen LogP contribution >= 0.6 is 0 Å². The Labute approximate surface area is 99.3 Å². The number of carbonyl (C=O) groups excluding carboxylic acids is 2. The van der Waals surface area contributed by atoms with Gasteiger partial charge in [0.1, 0.15) is 12.3 Å². The van der Waals surface area contributed by atoms with E-state index in [1.54, 1.807) is 6.92 Å². The summed E-state index contributed by atoms with van der Waals surface area (Å²) >= 11 is 0. The fourth-order valence-electron chi connectivity index (χ4n) is 1.15. The molecule has 2 amide bonds. The maximum atomic E-state index is 11.3. The van der Waals surface area contributed by atoms with Gasteiger partial charge in [0.25, 0.3) is 5.91 Å². The lowest BCUT2D eigenvalue weighted by atomic mass is 10.2. The smallest absolute Gasteiger partial charge is 0.412 e. The average Bonchev–Trinajstić information content (AvgIpc) is 2.34. The Morgan fingerprint density at radius 1 is 1.35 bits per heavy atom. The van der Waals surface area contributed by atoms with Gasteiger partial charge in [-0.05, 0) is 12.5 Å².